The lowest BCUT2D eigenvalue weighted by atomic mass is 10.0. The molecule has 0 spiro atoms. The third-order valence-electron chi connectivity index (χ3n) is 3.22. The zero-order valence-electron chi connectivity index (χ0n) is 10.8. The van der Waals surface area contributed by atoms with Gasteiger partial charge in [-0.15, -0.1) is 0 Å². The maximum Gasteiger partial charge on any atom is 0.347 e. The van der Waals surface area contributed by atoms with Gasteiger partial charge in [-0.1, -0.05) is 29.8 Å². The maximum absolute atomic E-state index is 12.4. The fourth-order valence-corrected chi connectivity index (χ4v) is 2.42. The predicted molar refractivity (Wildman–Crippen MR) is 79.4 cm³/mol. The summed E-state index contributed by atoms with van der Waals surface area (Å²) in [6, 6.07) is 13.6. The van der Waals surface area contributed by atoms with Crippen LogP contribution in [0.5, 0.6) is 0 Å². The number of carbonyl (C=O) groups excluding carboxylic acids is 1. The lowest BCUT2D eigenvalue weighted by molar-refractivity contribution is -0.531. The monoisotopic (exact) mass is 302 g/mol. The van der Waals surface area contributed by atoms with Crippen LogP contribution >= 0.6 is 11.6 Å². The summed E-state index contributed by atoms with van der Waals surface area (Å²) in [6.07, 6.45) is -1.81. The first-order valence-corrected chi connectivity index (χ1v) is 6.63. The van der Waals surface area contributed by atoms with Gasteiger partial charge in [0, 0.05) is 10.6 Å². The molecule has 0 bridgehead atoms. The summed E-state index contributed by atoms with van der Waals surface area (Å²) < 4.78 is 0.298. The number of hydrogen-bond donors (Lipinski definition) is 2. The fraction of sp³-hybridized carbons (Fsp3) is 0.0667. The molecule has 1 heterocycles. The van der Waals surface area contributed by atoms with Gasteiger partial charge in [0.15, 0.2) is 0 Å². The van der Waals surface area contributed by atoms with E-state index in [4.69, 9.17) is 11.6 Å². The number of anilines is 1. The van der Waals surface area contributed by atoms with Crippen LogP contribution in [0.15, 0.2) is 48.5 Å². The standard InChI is InChI=1S/C15H11ClN2O3/c16-10-6-7-12-11(8-10)13(9-4-2-1-3-5-9)18(21)15(20)14(19)17-12/h1-8,15,20H,(H,17,19). The van der Waals surface area contributed by atoms with Crippen molar-refractivity contribution in [1.29, 1.82) is 0 Å². The topological polar surface area (TPSA) is 75.4 Å². The average molecular weight is 303 g/mol. The number of benzene rings is 2. The van der Waals surface area contributed by atoms with Crippen molar-refractivity contribution in [3.05, 3.63) is 69.9 Å². The quantitative estimate of drug-likeness (QED) is 0.624. The molecule has 21 heavy (non-hydrogen) atoms. The lowest BCUT2D eigenvalue weighted by Gasteiger charge is -2.12. The second-order valence-electron chi connectivity index (χ2n) is 4.59. The number of nitrogens with one attached hydrogen (secondary N) is 1. The molecule has 3 rings (SSSR count). The molecule has 1 unspecified atom stereocenters. The van der Waals surface area contributed by atoms with Gasteiger partial charge in [0.1, 0.15) is 0 Å². The number of halogens is 1. The number of carbonyl (C=O) groups is 1. The molecule has 2 N–H and O–H groups in total. The van der Waals surface area contributed by atoms with Crippen molar-refractivity contribution < 1.29 is 14.6 Å². The molecule has 2 aromatic rings. The molecular weight excluding hydrogens is 292 g/mol. The minimum atomic E-state index is -1.81. The number of hydroxylamine groups is 1. The van der Waals surface area contributed by atoms with E-state index in [2.05, 4.69) is 5.32 Å². The Morgan fingerprint density at radius 3 is 2.62 bits per heavy atom. The van der Waals surface area contributed by atoms with Crippen LogP contribution in [0, 0.1) is 5.21 Å². The first-order chi connectivity index (χ1) is 10.1. The van der Waals surface area contributed by atoms with Crippen LogP contribution in [0.4, 0.5) is 5.69 Å². The number of amides is 1. The second kappa shape index (κ2) is 5.20. The molecule has 0 fully saturated rings. The van der Waals surface area contributed by atoms with Crippen LogP contribution < -0.4 is 5.32 Å². The minimum Gasteiger partial charge on any atom is -0.621 e. The van der Waals surface area contributed by atoms with Gasteiger partial charge in [-0.25, -0.2) is 0 Å². The molecule has 6 heteroatoms. The van der Waals surface area contributed by atoms with E-state index in [9.17, 15) is 15.1 Å². The number of aliphatic hydroxyl groups excluding tert-OH is 1. The molecule has 0 saturated heterocycles. The fourth-order valence-electron chi connectivity index (χ4n) is 2.24. The highest BCUT2D eigenvalue weighted by molar-refractivity contribution is 6.31. The zero-order valence-corrected chi connectivity index (χ0v) is 11.5. The highest BCUT2D eigenvalue weighted by atomic mass is 35.5. The SMILES string of the molecule is O=C1Nc2ccc(Cl)cc2C(c2ccccc2)=[N+]([O-])C1O. The van der Waals surface area contributed by atoms with E-state index in [1.807, 2.05) is 6.07 Å². The van der Waals surface area contributed by atoms with Crippen LogP contribution in [0.2, 0.25) is 5.02 Å². The molecule has 5 nitrogen and oxygen atoms in total. The van der Waals surface area contributed by atoms with Gasteiger partial charge in [-0.3, -0.25) is 4.79 Å². The summed E-state index contributed by atoms with van der Waals surface area (Å²) in [5, 5.41) is 25.2. The second-order valence-corrected chi connectivity index (χ2v) is 5.03. The van der Waals surface area contributed by atoms with E-state index < -0.39 is 12.1 Å². The lowest BCUT2D eigenvalue weighted by Crippen LogP contribution is -2.36. The van der Waals surface area contributed by atoms with Crippen molar-refractivity contribution >= 4 is 28.9 Å². The molecule has 2 aromatic carbocycles. The summed E-state index contributed by atoms with van der Waals surface area (Å²) in [6.45, 7) is 0. The summed E-state index contributed by atoms with van der Waals surface area (Å²) in [5.74, 6) is -0.778. The van der Waals surface area contributed by atoms with Gasteiger partial charge in [-0.05, 0) is 30.3 Å². The Labute approximate surface area is 125 Å². The number of aliphatic hydroxyl groups is 1. The Balaban J connectivity index is 2.32. The molecule has 1 amide bonds. The van der Waals surface area contributed by atoms with Gasteiger partial charge in [-0.2, -0.15) is 4.74 Å². The highest BCUT2D eigenvalue weighted by Crippen LogP contribution is 2.26. The van der Waals surface area contributed by atoms with E-state index in [-0.39, 0.29) is 5.71 Å². The van der Waals surface area contributed by atoms with E-state index in [1.54, 1.807) is 42.5 Å². The van der Waals surface area contributed by atoms with Crippen LogP contribution in [-0.4, -0.2) is 27.7 Å². The predicted octanol–water partition coefficient (Wildman–Crippen LogP) is 1.96. The van der Waals surface area contributed by atoms with Gasteiger partial charge < -0.3 is 15.6 Å². The average Bonchev–Trinajstić information content (AvgIpc) is 2.58. The van der Waals surface area contributed by atoms with Gasteiger partial charge in [0.05, 0.1) is 11.3 Å². The Morgan fingerprint density at radius 2 is 1.90 bits per heavy atom. The van der Waals surface area contributed by atoms with E-state index >= 15 is 0 Å². The Kier molecular flexibility index (Phi) is 3.37. The molecule has 1 aliphatic rings. The van der Waals surface area contributed by atoms with Gasteiger partial charge in [0.25, 0.3) is 0 Å². The Morgan fingerprint density at radius 1 is 1.19 bits per heavy atom. The van der Waals surface area contributed by atoms with E-state index in [0.29, 0.717) is 26.6 Å². The number of benzodiazepines with no additional fused rings is 1. The Bertz CT molecular complexity index is 744. The van der Waals surface area contributed by atoms with Crippen molar-refractivity contribution in [1.82, 2.24) is 0 Å². The number of hydrogen-bond acceptors (Lipinski definition) is 3. The van der Waals surface area contributed by atoms with Crippen LogP contribution in [0.25, 0.3) is 0 Å². The summed E-state index contributed by atoms with van der Waals surface area (Å²) >= 11 is 5.99. The molecule has 0 saturated carbocycles. The molecule has 106 valence electrons. The molecule has 0 aliphatic carbocycles. The number of fused-ring (bicyclic) bond motifs is 1. The minimum absolute atomic E-state index is 0.193. The van der Waals surface area contributed by atoms with Crippen molar-refractivity contribution in [2.45, 2.75) is 6.23 Å². The maximum atomic E-state index is 12.4. The van der Waals surface area contributed by atoms with Crippen molar-refractivity contribution in [2.75, 3.05) is 5.32 Å². The zero-order chi connectivity index (χ0) is 15.0. The molecular formula is C15H11ClN2O3. The first-order valence-electron chi connectivity index (χ1n) is 6.25. The normalized spacial score (nSPS) is 18.0. The third-order valence-corrected chi connectivity index (χ3v) is 3.45. The van der Waals surface area contributed by atoms with Crippen molar-refractivity contribution in [3.63, 3.8) is 0 Å². The Hall–Kier alpha value is -2.37. The van der Waals surface area contributed by atoms with Gasteiger partial charge >= 0.3 is 12.1 Å². The van der Waals surface area contributed by atoms with Crippen LogP contribution in [0.3, 0.4) is 0 Å². The third kappa shape index (κ3) is 2.37. The first kappa shape index (κ1) is 13.6. The summed E-state index contributed by atoms with van der Waals surface area (Å²) in [7, 11) is 0. The van der Waals surface area contributed by atoms with Gasteiger partial charge in [0.2, 0.25) is 5.71 Å². The smallest absolute Gasteiger partial charge is 0.347 e. The van der Waals surface area contributed by atoms with Crippen LogP contribution in [-0.2, 0) is 4.79 Å². The number of nitrogens with zero attached hydrogens (tertiary/aromatic N) is 1. The molecule has 1 aliphatic heterocycles. The number of rotatable bonds is 1. The highest BCUT2D eigenvalue weighted by Gasteiger charge is 2.33. The molecule has 0 aromatic heterocycles. The van der Waals surface area contributed by atoms with Crippen LogP contribution in [0.1, 0.15) is 11.1 Å². The molecule has 0 radical (unpaired) electrons. The van der Waals surface area contributed by atoms with E-state index in [1.165, 1.54) is 0 Å². The van der Waals surface area contributed by atoms with Crippen molar-refractivity contribution in [2.24, 2.45) is 0 Å². The largest absolute Gasteiger partial charge is 0.621 e. The summed E-state index contributed by atoms with van der Waals surface area (Å²) in [4.78, 5) is 11.8. The van der Waals surface area contributed by atoms with Crippen molar-refractivity contribution in [3.8, 4) is 0 Å². The molecule has 1 atom stereocenters. The summed E-state index contributed by atoms with van der Waals surface area (Å²) in [5.41, 5.74) is 1.68. The van der Waals surface area contributed by atoms with E-state index in [0.717, 1.165) is 0 Å².